The topological polar surface area (TPSA) is 81.7 Å². The summed E-state index contributed by atoms with van der Waals surface area (Å²) in [6.07, 6.45) is -0.913. The molecule has 0 aromatic heterocycles. The Balaban J connectivity index is 2.56. The predicted molar refractivity (Wildman–Crippen MR) is 71.9 cm³/mol. The third kappa shape index (κ3) is 4.71. The van der Waals surface area contributed by atoms with E-state index in [0.717, 1.165) is 0 Å². The summed E-state index contributed by atoms with van der Waals surface area (Å²) in [5.74, 6) is -1.68. The Morgan fingerprint density at radius 2 is 1.75 bits per heavy atom. The quantitative estimate of drug-likeness (QED) is 0.862. The number of carbonyl (C=O) groups is 3. The Morgan fingerprint density at radius 1 is 1.15 bits per heavy atom. The van der Waals surface area contributed by atoms with Gasteiger partial charge >= 0.3 is 12.1 Å². The minimum atomic E-state index is -0.913. The lowest BCUT2D eigenvalue weighted by atomic mass is 10.2. The van der Waals surface area contributed by atoms with Gasteiger partial charge in [-0.05, 0) is 19.1 Å². The van der Waals surface area contributed by atoms with Gasteiger partial charge in [0.15, 0.2) is 6.61 Å². The first-order valence-corrected chi connectivity index (χ1v) is 6.29. The Labute approximate surface area is 124 Å². The molecule has 20 heavy (non-hydrogen) atoms. The molecule has 0 atom stereocenters. The van der Waals surface area contributed by atoms with Crippen molar-refractivity contribution in [1.82, 2.24) is 5.32 Å². The fourth-order valence-electron chi connectivity index (χ4n) is 1.21. The largest absolute Gasteiger partial charge is 0.452 e. The van der Waals surface area contributed by atoms with Crippen LogP contribution in [-0.4, -0.2) is 31.2 Å². The van der Waals surface area contributed by atoms with Gasteiger partial charge in [0.25, 0.3) is 5.91 Å². The van der Waals surface area contributed by atoms with Crippen LogP contribution < -0.4 is 5.32 Å². The van der Waals surface area contributed by atoms with Crippen molar-refractivity contribution in [2.45, 2.75) is 6.92 Å². The van der Waals surface area contributed by atoms with Gasteiger partial charge in [-0.1, -0.05) is 29.3 Å². The van der Waals surface area contributed by atoms with Crippen molar-refractivity contribution in [1.29, 1.82) is 0 Å². The zero-order valence-electron chi connectivity index (χ0n) is 10.4. The van der Waals surface area contributed by atoms with Crippen LogP contribution in [0.5, 0.6) is 0 Å². The molecule has 0 saturated heterocycles. The number of hydrogen-bond acceptors (Lipinski definition) is 5. The van der Waals surface area contributed by atoms with Crippen LogP contribution in [-0.2, 0) is 14.3 Å². The number of nitrogens with one attached hydrogen (secondary N) is 1. The molecule has 0 heterocycles. The second kappa shape index (κ2) is 7.72. The summed E-state index contributed by atoms with van der Waals surface area (Å²) < 4.78 is 9.19. The number of benzene rings is 1. The van der Waals surface area contributed by atoms with Crippen LogP contribution in [0.3, 0.4) is 0 Å². The van der Waals surface area contributed by atoms with Crippen molar-refractivity contribution in [2.75, 3.05) is 13.2 Å². The van der Waals surface area contributed by atoms with E-state index in [1.54, 1.807) is 13.0 Å². The Bertz CT molecular complexity index is 512. The molecular weight excluding hydrogens is 309 g/mol. The fourth-order valence-corrected chi connectivity index (χ4v) is 1.76. The molecule has 0 fully saturated rings. The van der Waals surface area contributed by atoms with Crippen LogP contribution in [0.15, 0.2) is 18.2 Å². The third-order valence-electron chi connectivity index (χ3n) is 2.02. The zero-order chi connectivity index (χ0) is 15.1. The Hall–Kier alpha value is -1.79. The van der Waals surface area contributed by atoms with Crippen LogP contribution in [0.1, 0.15) is 17.3 Å². The highest BCUT2D eigenvalue weighted by Crippen LogP contribution is 2.24. The van der Waals surface area contributed by atoms with Crippen LogP contribution >= 0.6 is 23.2 Å². The van der Waals surface area contributed by atoms with Gasteiger partial charge in [0, 0.05) is 0 Å². The van der Waals surface area contributed by atoms with Crippen molar-refractivity contribution in [2.24, 2.45) is 0 Å². The van der Waals surface area contributed by atoms with E-state index in [9.17, 15) is 14.4 Å². The summed E-state index contributed by atoms with van der Waals surface area (Å²) in [5, 5.41) is 2.08. The van der Waals surface area contributed by atoms with E-state index in [2.05, 4.69) is 4.74 Å². The van der Waals surface area contributed by atoms with E-state index < -0.39 is 24.6 Å². The van der Waals surface area contributed by atoms with Crippen LogP contribution in [0.25, 0.3) is 0 Å². The minimum absolute atomic E-state index is 0.0419. The molecular formula is C12H11Cl2NO5. The summed E-state index contributed by atoms with van der Waals surface area (Å²) in [6.45, 7) is 1.05. The van der Waals surface area contributed by atoms with E-state index >= 15 is 0 Å². The molecule has 8 heteroatoms. The van der Waals surface area contributed by atoms with Gasteiger partial charge < -0.3 is 9.47 Å². The number of rotatable bonds is 4. The number of amides is 2. The fraction of sp³-hybridized carbons (Fsp3) is 0.250. The smallest absolute Gasteiger partial charge is 0.413 e. The SMILES string of the molecule is CCOC(=O)NC(=O)COC(=O)c1c(Cl)cccc1Cl. The molecule has 1 rings (SSSR count). The highest BCUT2D eigenvalue weighted by molar-refractivity contribution is 6.39. The molecule has 1 N–H and O–H groups in total. The number of imide groups is 1. The lowest BCUT2D eigenvalue weighted by Gasteiger charge is -2.07. The number of carbonyl (C=O) groups excluding carboxylic acids is 3. The van der Waals surface area contributed by atoms with Gasteiger partial charge in [0.05, 0.1) is 22.2 Å². The van der Waals surface area contributed by atoms with Gasteiger partial charge in [-0.3, -0.25) is 10.1 Å². The first-order valence-electron chi connectivity index (χ1n) is 5.53. The third-order valence-corrected chi connectivity index (χ3v) is 2.65. The number of halogens is 2. The van der Waals surface area contributed by atoms with E-state index in [0.29, 0.717) is 0 Å². The van der Waals surface area contributed by atoms with E-state index in [1.807, 2.05) is 5.32 Å². The van der Waals surface area contributed by atoms with Crippen molar-refractivity contribution >= 4 is 41.2 Å². The molecule has 1 aromatic rings. The van der Waals surface area contributed by atoms with Gasteiger partial charge in [-0.15, -0.1) is 0 Å². The maximum Gasteiger partial charge on any atom is 0.413 e. The van der Waals surface area contributed by atoms with E-state index in [1.165, 1.54) is 12.1 Å². The first kappa shape index (κ1) is 16.3. The molecule has 0 bridgehead atoms. The molecule has 0 aliphatic heterocycles. The number of hydrogen-bond donors (Lipinski definition) is 1. The van der Waals surface area contributed by atoms with Gasteiger partial charge in [0.2, 0.25) is 0 Å². The molecule has 0 radical (unpaired) electrons. The van der Waals surface area contributed by atoms with Crippen molar-refractivity contribution in [3.8, 4) is 0 Å². The molecule has 0 spiro atoms. The van der Waals surface area contributed by atoms with Crippen LogP contribution in [0.4, 0.5) is 4.79 Å². The standard InChI is InChI=1S/C12H11Cl2NO5/c1-2-19-12(18)15-9(16)6-20-11(17)10-7(13)4-3-5-8(10)14/h3-5H,2,6H2,1H3,(H,15,16,18). The zero-order valence-corrected chi connectivity index (χ0v) is 12.0. The molecule has 0 aliphatic rings. The summed E-state index contributed by atoms with van der Waals surface area (Å²) in [4.78, 5) is 33.9. The lowest BCUT2D eigenvalue weighted by molar-refractivity contribution is -0.123. The Kier molecular flexibility index (Phi) is 6.27. The lowest BCUT2D eigenvalue weighted by Crippen LogP contribution is -2.34. The molecule has 2 amide bonds. The predicted octanol–water partition coefficient (Wildman–Crippen LogP) is 2.42. The van der Waals surface area contributed by atoms with Crippen molar-refractivity contribution < 1.29 is 23.9 Å². The van der Waals surface area contributed by atoms with E-state index in [4.69, 9.17) is 27.9 Å². The Morgan fingerprint density at radius 3 is 2.30 bits per heavy atom. The summed E-state index contributed by atoms with van der Waals surface area (Å²) in [7, 11) is 0. The highest BCUT2D eigenvalue weighted by Gasteiger charge is 2.18. The maximum atomic E-state index is 11.7. The number of ether oxygens (including phenoxy) is 2. The average Bonchev–Trinajstić information content (AvgIpc) is 2.36. The summed E-state index contributed by atoms with van der Waals surface area (Å²) >= 11 is 11.6. The van der Waals surface area contributed by atoms with Crippen molar-refractivity contribution in [3.05, 3.63) is 33.8 Å². The molecule has 0 saturated carbocycles. The highest BCUT2D eigenvalue weighted by atomic mass is 35.5. The molecule has 6 nitrogen and oxygen atoms in total. The van der Waals surface area contributed by atoms with Crippen molar-refractivity contribution in [3.63, 3.8) is 0 Å². The van der Waals surface area contributed by atoms with Gasteiger partial charge in [0.1, 0.15) is 0 Å². The number of alkyl carbamates (subject to hydrolysis) is 1. The maximum absolute atomic E-state index is 11.7. The molecule has 0 unspecified atom stereocenters. The van der Waals surface area contributed by atoms with Gasteiger partial charge in [-0.25, -0.2) is 9.59 Å². The second-order valence-corrected chi connectivity index (χ2v) is 4.26. The summed E-state index contributed by atoms with van der Waals surface area (Å²) in [5.41, 5.74) is -0.0419. The molecule has 1 aromatic carbocycles. The number of esters is 1. The molecule has 108 valence electrons. The van der Waals surface area contributed by atoms with Crippen LogP contribution in [0.2, 0.25) is 10.0 Å². The van der Waals surface area contributed by atoms with Gasteiger partial charge in [-0.2, -0.15) is 0 Å². The monoisotopic (exact) mass is 319 g/mol. The summed E-state index contributed by atoms with van der Waals surface area (Å²) in [6, 6.07) is 4.49. The van der Waals surface area contributed by atoms with Crippen LogP contribution in [0, 0.1) is 0 Å². The second-order valence-electron chi connectivity index (χ2n) is 3.44. The minimum Gasteiger partial charge on any atom is -0.452 e. The average molecular weight is 320 g/mol. The van der Waals surface area contributed by atoms with E-state index in [-0.39, 0.29) is 22.2 Å². The normalized spacial score (nSPS) is 9.75. The molecule has 0 aliphatic carbocycles. The first-order chi connectivity index (χ1) is 9.45.